The van der Waals surface area contributed by atoms with Gasteiger partial charge in [0.2, 0.25) is 0 Å². The lowest BCUT2D eigenvalue weighted by atomic mass is 9.71. The average Bonchev–Trinajstić information content (AvgIpc) is 2.28. The van der Waals surface area contributed by atoms with Crippen molar-refractivity contribution in [3.05, 3.63) is 24.3 Å². The Hall–Kier alpha value is -1.18. The minimum atomic E-state index is 0.954. The van der Waals surface area contributed by atoms with Gasteiger partial charge in [0.15, 0.2) is 0 Å². The van der Waals surface area contributed by atoms with Gasteiger partial charge in [-0.1, -0.05) is 6.07 Å². The fourth-order valence-corrected chi connectivity index (χ4v) is 2.89. The van der Waals surface area contributed by atoms with Crippen LogP contribution >= 0.6 is 0 Å². The molecule has 2 aliphatic heterocycles. The molecule has 2 bridgehead atoms. The van der Waals surface area contributed by atoms with E-state index in [1.54, 1.807) is 7.11 Å². The van der Waals surface area contributed by atoms with Crippen molar-refractivity contribution < 1.29 is 4.74 Å². The molecule has 1 aromatic rings. The molecule has 0 unspecified atom stereocenters. The van der Waals surface area contributed by atoms with Crippen molar-refractivity contribution in [1.29, 1.82) is 0 Å². The molecular weight excluding hydrogens is 186 g/mol. The van der Waals surface area contributed by atoms with E-state index >= 15 is 0 Å². The van der Waals surface area contributed by atoms with Crippen molar-refractivity contribution >= 4 is 5.69 Å². The Morgan fingerprint density at radius 2 is 1.93 bits per heavy atom. The molecule has 0 radical (unpaired) electrons. The molecular formula is C13H17NO. The lowest BCUT2D eigenvalue weighted by molar-refractivity contribution is 0.159. The molecule has 0 N–H and O–H groups in total. The summed E-state index contributed by atoms with van der Waals surface area (Å²) in [6.07, 6.45) is 2.92. The third-order valence-electron chi connectivity index (χ3n) is 3.71. The van der Waals surface area contributed by atoms with E-state index in [0.29, 0.717) is 0 Å². The summed E-state index contributed by atoms with van der Waals surface area (Å²) in [5.74, 6) is 2.87. The predicted molar refractivity (Wildman–Crippen MR) is 61.4 cm³/mol. The second-order valence-corrected chi connectivity index (χ2v) is 4.81. The van der Waals surface area contributed by atoms with Gasteiger partial charge in [-0.2, -0.15) is 0 Å². The molecule has 0 spiro atoms. The Labute approximate surface area is 90.8 Å². The molecule has 2 saturated heterocycles. The fourth-order valence-electron chi connectivity index (χ4n) is 2.89. The van der Waals surface area contributed by atoms with E-state index in [1.807, 2.05) is 6.07 Å². The van der Waals surface area contributed by atoms with Gasteiger partial charge in [0.1, 0.15) is 5.75 Å². The minimum absolute atomic E-state index is 0.954. The van der Waals surface area contributed by atoms with Crippen LogP contribution in [0.2, 0.25) is 0 Å². The molecule has 0 amide bonds. The van der Waals surface area contributed by atoms with Gasteiger partial charge < -0.3 is 9.64 Å². The summed E-state index contributed by atoms with van der Waals surface area (Å²) in [5, 5.41) is 0. The third kappa shape index (κ3) is 1.58. The van der Waals surface area contributed by atoms with E-state index in [-0.39, 0.29) is 0 Å². The summed E-state index contributed by atoms with van der Waals surface area (Å²) in [7, 11) is 1.73. The second-order valence-electron chi connectivity index (χ2n) is 4.81. The maximum Gasteiger partial charge on any atom is 0.120 e. The van der Waals surface area contributed by atoms with Gasteiger partial charge in [-0.05, 0) is 36.8 Å². The highest BCUT2D eigenvalue weighted by Gasteiger charge is 2.36. The zero-order valence-electron chi connectivity index (χ0n) is 9.15. The highest BCUT2D eigenvalue weighted by atomic mass is 16.5. The monoisotopic (exact) mass is 203 g/mol. The molecule has 80 valence electrons. The largest absolute Gasteiger partial charge is 0.497 e. The third-order valence-corrected chi connectivity index (χ3v) is 3.71. The molecule has 4 rings (SSSR count). The topological polar surface area (TPSA) is 12.5 Å². The molecule has 0 atom stereocenters. The number of methoxy groups -OCH3 is 1. The van der Waals surface area contributed by atoms with Crippen LogP contribution in [0.25, 0.3) is 0 Å². The highest BCUT2D eigenvalue weighted by molar-refractivity contribution is 5.51. The smallest absolute Gasteiger partial charge is 0.120 e. The van der Waals surface area contributed by atoms with Crippen LogP contribution in [0.5, 0.6) is 5.75 Å². The van der Waals surface area contributed by atoms with Crippen LogP contribution in [0.15, 0.2) is 24.3 Å². The summed E-state index contributed by atoms with van der Waals surface area (Å²) in [6.45, 7) is 2.48. The Balaban J connectivity index is 1.80. The number of anilines is 1. The average molecular weight is 203 g/mol. The van der Waals surface area contributed by atoms with E-state index in [9.17, 15) is 0 Å². The van der Waals surface area contributed by atoms with Gasteiger partial charge in [0, 0.05) is 24.8 Å². The van der Waals surface area contributed by atoms with Crippen LogP contribution in [-0.4, -0.2) is 20.2 Å². The number of fused-ring (bicyclic) bond motifs is 2. The lowest BCUT2D eigenvalue weighted by Gasteiger charge is -2.48. The summed E-state index contributed by atoms with van der Waals surface area (Å²) >= 11 is 0. The number of hydrogen-bond acceptors (Lipinski definition) is 2. The highest BCUT2D eigenvalue weighted by Crippen LogP contribution is 2.41. The zero-order chi connectivity index (χ0) is 10.3. The first kappa shape index (κ1) is 9.08. The van der Waals surface area contributed by atoms with E-state index in [0.717, 1.165) is 17.6 Å². The summed E-state index contributed by atoms with van der Waals surface area (Å²) in [5.41, 5.74) is 1.32. The quantitative estimate of drug-likeness (QED) is 0.732. The van der Waals surface area contributed by atoms with Crippen LogP contribution in [0.3, 0.4) is 0 Å². The summed E-state index contributed by atoms with van der Waals surface area (Å²) in [4.78, 5) is 2.50. The fraction of sp³-hybridized carbons (Fsp3) is 0.538. The molecule has 1 aromatic carbocycles. The van der Waals surface area contributed by atoms with Crippen molar-refractivity contribution in [2.75, 3.05) is 25.1 Å². The van der Waals surface area contributed by atoms with Crippen LogP contribution in [0.4, 0.5) is 5.69 Å². The van der Waals surface area contributed by atoms with E-state index in [2.05, 4.69) is 23.1 Å². The van der Waals surface area contributed by atoms with Gasteiger partial charge in [-0.3, -0.25) is 0 Å². The molecule has 0 aromatic heterocycles. The number of hydrogen-bond donors (Lipinski definition) is 0. The van der Waals surface area contributed by atoms with Crippen molar-refractivity contribution in [1.82, 2.24) is 0 Å². The number of piperidine rings is 2. The number of benzene rings is 1. The van der Waals surface area contributed by atoms with Crippen molar-refractivity contribution in [2.45, 2.75) is 12.8 Å². The first-order chi connectivity index (χ1) is 7.35. The zero-order valence-corrected chi connectivity index (χ0v) is 9.15. The minimum Gasteiger partial charge on any atom is -0.497 e. The Morgan fingerprint density at radius 3 is 2.60 bits per heavy atom. The maximum atomic E-state index is 5.26. The van der Waals surface area contributed by atoms with Gasteiger partial charge in [-0.25, -0.2) is 0 Å². The van der Waals surface area contributed by atoms with Crippen molar-refractivity contribution in [3.8, 4) is 5.75 Å². The van der Waals surface area contributed by atoms with E-state index in [4.69, 9.17) is 4.74 Å². The Kier molecular flexibility index (Phi) is 2.08. The number of nitrogens with zero attached hydrogens (tertiary/aromatic N) is 1. The van der Waals surface area contributed by atoms with Gasteiger partial charge in [0.05, 0.1) is 7.11 Å². The molecule has 3 fully saturated rings. The van der Waals surface area contributed by atoms with E-state index < -0.39 is 0 Å². The number of rotatable bonds is 2. The normalized spacial score (nSPS) is 28.5. The standard InChI is InChI=1S/C13H17NO/c1-15-13-4-2-3-12(7-13)14-8-10-5-11(6-10)9-14/h2-4,7,10-11H,5-6,8-9H2,1H3. The molecule has 1 aliphatic carbocycles. The van der Waals surface area contributed by atoms with Crippen molar-refractivity contribution in [2.24, 2.45) is 11.8 Å². The predicted octanol–water partition coefficient (Wildman–Crippen LogP) is 2.54. The Bertz CT molecular complexity index is 347. The van der Waals surface area contributed by atoms with Crippen LogP contribution in [0.1, 0.15) is 12.8 Å². The Morgan fingerprint density at radius 1 is 1.20 bits per heavy atom. The summed E-state index contributed by atoms with van der Waals surface area (Å²) < 4.78 is 5.26. The first-order valence-corrected chi connectivity index (χ1v) is 5.74. The summed E-state index contributed by atoms with van der Waals surface area (Å²) in [6, 6.07) is 8.42. The molecule has 15 heavy (non-hydrogen) atoms. The molecule has 1 saturated carbocycles. The maximum absolute atomic E-state index is 5.26. The molecule has 2 nitrogen and oxygen atoms in total. The first-order valence-electron chi connectivity index (χ1n) is 5.74. The van der Waals surface area contributed by atoms with Gasteiger partial charge in [-0.15, -0.1) is 0 Å². The SMILES string of the molecule is COc1cccc(N2CC3CC(C3)C2)c1. The van der Waals surface area contributed by atoms with Crippen molar-refractivity contribution in [3.63, 3.8) is 0 Å². The number of ether oxygens (including phenoxy) is 1. The van der Waals surface area contributed by atoms with Gasteiger partial charge in [0.25, 0.3) is 0 Å². The van der Waals surface area contributed by atoms with Crippen LogP contribution < -0.4 is 9.64 Å². The lowest BCUT2D eigenvalue weighted by Crippen LogP contribution is -2.48. The van der Waals surface area contributed by atoms with Crippen LogP contribution in [0, 0.1) is 11.8 Å². The van der Waals surface area contributed by atoms with Gasteiger partial charge >= 0.3 is 0 Å². The molecule has 2 heterocycles. The second kappa shape index (κ2) is 3.44. The molecule has 2 heteroatoms. The molecule has 3 aliphatic rings. The van der Waals surface area contributed by atoms with E-state index in [1.165, 1.54) is 31.6 Å². The van der Waals surface area contributed by atoms with Crippen LogP contribution in [-0.2, 0) is 0 Å².